The third kappa shape index (κ3) is 4.79. The Morgan fingerprint density at radius 2 is 1.83 bits per heavy atom. The molecule has 9 nitrogen and oxygen atoms in total. The molecule has 5 rings (SSSR count). The normalized spacial score (nSPS) is 12.6. The van der Waals surface area contributed by atoms with E-state index in [2.05, 4.69) is 20.7 Å². The number of urea groups is 1. The van der Waals surface area contributed by atoms with E-state index in [1.165, 1.54) is 4.68 Å². The molecular formula is C26H26N6O3. The van der Waals surface area contributed by atoms with E-state index >= 15 is 0 Å². The van der Waals surface area contributed by atoms with Gasteiger partial charge in [-0.2, -0.15) is 9.78 Å². The zero-order chi connectivity index (χ0) is 24.2. The Bertz CT molecular complexity index is 1410. The van der Waals surface area contributed by atoms with E-state index in [9.17, 15) is 9.59 Å². The molecule has 0 saturated carbocycles. The molecule has 0 saturated heterocycles. The van der Waals surface area contributed by atoms with Gasteiger partial charge in [0.25, 0.3) is 5.56 Å². The maximum Gasteiger partial charge on any atom is 0.324 e. The van der Waals surface area contributed by atoms with Crippen LogP contribution in [0.15, 0.2) is 65.5 Å². The first-order chi connectivity index (χ1) is 17.1. The van der Waals surface area contributed by atoms with Crippen LogP contribution in [0.3, 0.4) is 0 Å². The summed E-state index contributed by atoms with van der Waals surface area (Å²) in [5.41, 5.74) is 3.40. The van der Waals surface area contributed by atoms with E-state index < -0.39 is 6.03 Å². The highest BCUT2D eigenvalue weighted by atomic mass is 16.5. The van der Waals surface area contributed by atoms with E-state index in [-0.39, 0.29) is 11.5 Å². The second-order valence-corrected chi connectivity index (χ2v) is 8.22. The summed E-state index contributed by atoms with van der Waals surface area (Å²) < 4.78 is 7.06. The minimum atomic E-state index is -0.474. The topological polar surface area (TPSA) is 114 Å². The fraction of sp³-hybridized carbons (Fsp3) is 0.231. The van der Waals surface area contributed by atoms with Gasteiger partial charge in [-0.05, 0) is 44.7 Å². The van der Waals surface area contributed by atoms with Crippen molar-refractivity contribution in [1.29, 1.82) is 0 Å². The number of fused-ring (bicyclic) bond motifs is 1. The van der Waals surface area contributed by atoms with Gasteiger partial charge in [-0.3, -0.25) is 15.1 Å². The van der Waals surface area contributed by atoms with Crippen molar-refractivity contribution in [3.05, 3.63) is 82.3 Å². The highest BCUT2D eigenvalue weighted by Gasteiger charge is 2.20. The van der Waals surface area contributed by atoms with E-state index in [1.54, 1.807) is 18.2 Å². The zero-order valence-corrected chi connectivity index (χ0v) is 19.4. The number of ether oxygens (including phenoxy) is 1. The lowest BCUT2D eigenvalue weighted by molar-refractivity contribution is 0.261. The second kappa shape index (κ2) is 9.84. The molecule has 2 amide bonds. The number of nitrogens with zero attached hydrogens (tertiary/aromatic N) is 3. The van der Waals surface area contributed by atoms with Crippen LogP contribution in [0.2, 0.25) is 0 Å². The number of aromatic amines is 1. The molecule has 0 fully saturated rings. The smallest absolute Gasteiger partial charge is 0.324 e. The van der Waals surface area contributed by atoms with Crippen LogP contribution in [0.5, 0.6) is 5.75 Å². The van der Waals surface area contributed by atoms with Gasteiger partial charge in [0.2, 0.25) is 5.95 Å². The highest BCUT2D eigenvalue weighted by molar-refractivity contribution is 6.00. The van der Waals surface area contributed by atoms with Gasteiger partial charge in [-0.1, -0.05) is 42.5 Å². The van der Waals surface area contributed by atoms with Gasteiger partial charge in [0.05, 0.1) is 23.7 Å². The summed E-state index contributed by atoms with van der Waals surface area (Å²) in [4.78, 5) is 33.3. The first-order valence-corrected chi connectivity index (χ1v) is 11.7. The van der Waals surface area contributed by atoms with E-state index in [1.807, 2.05) is 49.4 Å². The number of carbonyl (C=O) groups excluding carboxylic acids is 1. The maximum absolute atomic E-state index is 13.0. The number of hydrogen-bond acceptors (Lipinski definition) is 5. The Morgan fingerprint density at radius 3 is 2.66 bits per heavy atom. The summed E-state index contributed by atoms with van der Waals surface area (Å²) in [5, 5.41) is 10.3. The molecule has 0 radical (unpaired) electrons. The molecule has 0 bridgehead atoms. The Morgan fingerprint density at radius 1 is 1.06 bits per heavy atom. The summed E-state index contributed by atoms with van der Waals surface area (Å²) in [5.74, 6) is 1.21. The molecule has 9 heteroatoms. The molecule has 2 aromatic carbocycles. The lowest BCUT2D eigenvalue weighted by Gasteiger charge is -2.15. The third-order valence-corrected chi connectivity index (χ3v) is 5.84. The molecule has 0 spiro atoms. The zero-order valence-electron chi connectivity index (χ0n) is 19.4. The standard InChI is InChI=1S/C26H26N6O3/c1-2-35-22-15-9-8-14-20(22)28-26(34)29-23-16-21(17-10-4-3-5-11-17)31-32(23)25-27-19-13-7-6-12-18(19)24(33)30-25/h3-5,8-11,14-16H,2,6-7,12-13H2,1H3,(H,27,30,33)(H2,28,29,34). The largest absolute Gasteiger partial charge is 0.492 e. The Balaban J connectivity index is 1.51. The van der Waals surface area contributed by atoms with Gasteiger partial charge in [-0.15, -0.1) is 0 Å². The van der Waals surface area contributed by atoms with Crippen molar-refractivity contribution < 1.29 is 9.53 Å². The Hall–Kier alpha value is -4.40. The molecule has 0 aliphatic heterocycles. The summed E-state index contributed by atoms with van der Waals surface area (Å²) in [7, 11) is 0. The number of benzene rings is 2. The number of aryl methyl sites for hydroxylation is 1. The van der Waals surface area contributed by atoms with Gasteiger partial charge in [0, 0.05) is 17.2 Å². The molecule has 0 atom stereocenters. The monoisotopic (exact) mass is 470 g/mol. The molecule has 35 heavy (non-hydrogen) atoms. The van der Waals surface area contributed by atoms with Crippen molar-refractivity contribution in [2.75, 3.05) is 17.2 Å². The molecule has 178 valence electrons. The average molecular weight is 471 g/mol. The molecule has 2 aromatic heterocycles. The van der Waals surface area contributed by atoms with Crippen molar-refractivity contribution in [3.8, 4) is 23.0 Å². The van der Waals surface area contributed by atoms with Crippen molar-refractivity contribution in [1.82, 2.24) is 19.7 Å². The number of anilines is 2. The van der Waals surface area contributed by atoms with Crippen LogP contribution in [-0.4, -0.2) is 32.4 Å². The minimum Gasteiger partial charge on any atom is -0.492 e. The Kier molecular flexibility index (Phi) is 6.30. The molecule has 1 aliphatic rings. The molecule has 3 N–H and O–H groups in total. The van der Waals surface area contributed by atoms with Crippen LogP contribution < -0.4 is 20.9 Å². The predicted molar refractivity (Wildman–Crippen MR) is 134 cm³/mol. The van der Waals surface area contributed by atoms with Crippen LogP contribution in [0, 0.1) is 0 Å². The predicted octanol–water partition coefficient (Wildman–Crippen LogP) is 4.54. The Labute approximate surface area is 202 Å². The van der Waals surface area contributed by atoms with Crippen LogP contribution in [0.1, 0.15) is 31.0 Å². The number of hydrogen-bond donors (Lipinski definition) is 3. The number of carbonyl (C=O) groups is 1. The van der Waals surface area contributed by atoms with Gasteiger partial charge < -0.3 is 10.1 Å². The minimum absolute atomic E-state index is 0.164. The molecule has 1 aliphatic carbocycles. The van der Waals surface area contributed by atoms with Crippen molar-refractivity contribution in [2.45, 2.75) is 32.6 Å². The van der Waals surface area contributed by atoms with E-state index in [0.29, 0.717) is 29.6 Å². The number of aromatic nitrogens is 4. The number of nitrogens with one attached hydrogen (secondary N) is 3. The number of H-pyrrole nitrogens is 1. The second-order valence-electron chi connectivity index (χ2n) is 8.22. The number of amides is 2. The molecule has 4 aromatic rings. The van der Waals surface area contributed by atoms with E-state index in [4.69, 9.17) is 9.72 Å². The van der Waals surface area contributed by atoms with Crippen LogP contribution in [-0.2, 0) is 12.8 Å². The van der Waals surface area contributed by atoms with Crippen molar-refractivity contribution in [2.24, 2.45) is 0 Å². The van der Waals surface area contributed by atoms with Gasteiger partial charge >= 0.3 is 6.03 Å². The van der Waals surface area contributed by atoms with Crippen molar-refractivity contribution in [3.63, 3.8) is 0 Å². The first kappa shape index (κ1) is 22.4. The third-order valence-electron chi connectivity index (χ3n) is 5.84. The van der Waals surface area contributed by atoms with E-state index in [0.717, 1.165) is 42.5 Å². The van der Waals surface area contributed by atoms with Crippen LogP contribution >= 0.6 is 0 Å². The molecule has 0 unspecified atom stereocenters. The fourth-order valence-corrected chi connectivity index (χ4v) is 4.19. The lowest BCUT2D eigenvalue weighted by Crippen LogP contribution is -2.26. The quantitative estimate of drug-likeness (QED) is 0.383. The van der Waals surface area contributed by atoms with Crippen LogP contribution in [0.4, 0.5) is 16.3 Å². The molecular weight excluding hydrogens is 444 g/mol. The number of rotatable bonds is 6. The summed E-state index contributed by atoms with van der Waals surface area (Å²) >= 11 is 0. The number of para-hydroxylation sites is 2. The van der Waals surface area contributed by atoms with Crippen molar-refractivity contribution >= 4 is 17.5 Å². The summed E-state index contributed by atoms with van der Waals surface area (Å²) in [6, 6.07) is 18.1. The lowest BCUT2D eigenvalue weighted by atomic mass is 9.97. The van der Waals surface area contributed by atoms with Gasteiger partial charge in [0.1, 0.15) is 11.6 Å². The SMILES string of the molecule is CCOc1ccccc1NC(=O)Nc1cc(-c2ccccc2)nn1-c1nc2c(c(=O)[nH]1)CCCC2. The molecule has 2 heterocycles. The maximum atomic E-state index is 13.0. The van der Waals surface area contributed by atoms with Gasteiger partial charge in [-0.25, -0.2) is 9.78 Å². The van der Waals surface area contributed by atoms with Gasteiger partial charge in [0.15, 0.2) is 0 Å². The first-order valence-electron chi connectivity index (χ1n) is 11.7. The summed E-state index contributed by atoms with van der Waals surface area (Å²) in [6.07, 6.45) is 3.44. The summed E-state index contributed by atoms with van der Waals surface area (Å²) in [6.45, 7) is 2.36. The average Bonchev–Trinajstić information content (AvgIpc) is 3.29. The van der Waals surface area contributed by atoms with Crippen LogP contribution in [0.25, 0.3) is 17.2 Å². The highest BCUT2D eigenvalue weighted by Crippen LogP contribution is 2.26. The fourth-order valence-electron chi connectivity index (χ4n) is 4.19.